The first kappa shape index (κ1) is 17.5. The Hall–Kier alpha value is -2.34. The standard InChI is InChI=1S/C19H25N3O3/c1-12-17(13(2)22(3)21-12)18(23)20-11-19(24)9-5-6-14-10-15(25-4)7-8-16(14)19/h7-8,10,24H,5-6,9,11H2,1-4H3,(H,20,23)/t19-/m0/s1. The lowest BCUT2D eigenvalue weighted by atomic mass is 9.79. The zero-order chi connectivity index (χ0) is 18.2. The zero-order valence-electron chi connectivity index (χ0n) is 15.2. The molecule has 0 radical (unpaired) electrons. The van der Waals surface area contributed by atoms with E-state index in [1.165, 1.54) is 0 Å². The van der Waals surface area contributed by atoms with Crippen LogP contribution in [0.1, 0.15) is 45.7 Å². The molecule has 1 aromatic heterocycles. The summed E-state index contributed by atoms with van der Waals surface area (Å²) < 4.78 is 6.97. The van der Waals surface area contributed by atoms with Gasteiger partial charge in [-0.1, -0.05) is 6.07 Å². The normalized spacial score (nSPS) is 19.4. The summed E-state index contributed by atoms with van der Waals surface area (Å²) in [5.41, 5.74) is 2.99. The molecule has 134 valence electrons. The SMILES string of the molecule is COc1ccc2c(c1)CCC[C@]2(O)CNC(=O)c1c(C)nn(C)c1C. The van der Waals surface area contributed by atoms with Crippen LogP contribution in [0.5, 0.6) is 5.75 Å². The number of nitrogens with one attached hydrogen (secondary N) is 1. The van der Waals surface area contributed by atoms with Crippen LogP contribution in [0.25, 0.3) is 0 Å². The summed E-state index contributed by atoms with van der Waals surface area (Å²) in [5, 5.41) is 18.3. The number of carbonyl (C=O) groups is 1. The molecule has 6 heteroatoms. The van der Waals surface area contributed by atoms with Crippen LogP contribution in [0.2, 0.25) is 0 Å². The van der Waals surface area contributed by atoms with Gasteiger partial charge in [-0.3, -0.25) is 9.48 Å². The molecule has 1 aliphatic rings. The summed E-state index contributed by atoms with van der Waals surface area (Å²) in [4.78, 5) is 12.6. The highest BCUT2D eigenvalue weighted by Gasteiger charge is 2.35. The molecule has 0 spiro atoms. The topological polar surface area (TPSA) is 76.4 Å². The Morgan fingerprint density at radius 3 is 2.84 bits per heavy atom. The van der Waals surface area contributed by atoms with Crippen LogP contribution in [0, 0.1) is 13.8 Å². The van der Waals surface area contributed by atoms with Gasteiger partial charge in [-0.2, -0.15) is 5.10 Å². The van der Waals surface area contributed by atoms with Crippen molar-refractivity contribution in [3.63, 3.8) is 0 Å². The monoisotopic (exact) mass is 343 g/mol. The predicted molar refractivity (Wildman–Crippen MR) is 94.8 cm³/mol. The van der Waals surface area contributed by atoms with E-state index in [1.54, 1.807) is 11.8 Å². The fraction of sp³-hybridized carbons (Fsp3) is 0.474. The molecule has 2 N–H and O–H groups in total. The van der Waals surface area contributed by atoms with Crippen molar-refractivity contribution in [2.45, 2.75) is 38.7 Å². The number of aliphatic hydroxyl groups is 1. The van der Waals surface area contributed by atoms with E-state index in [1.807, 2.05) is 39.1 Å². The Balaban J connectivity index is 1.81. The largest absolute Gasteiger partial charge is 0.497 e. The zero-order valence-corrected chi connectivity index (χ0v) is 15.2. The summed E-state index contributed by atoms with van der Waals surface area (Å²) in [6.07, 6.45) is 2.40. The molecule has 25 heavy (non-hydrogen) atoms. The first-order valence-corrected chi connectivity index (χ1v) is 8.54. The third-order valence-corrected chi connectivity index (χ3v) is 5.13. The van der Waals surface area contributed by atoms with Gasteiger partial charge in [-0.25, -0.2) is 0 Å². The van der Waals surface area contributed by atoms with Crippen LogP contribution in [-0.4, -0.2) is 34.4 Å². The molecular weight excluding hydrogens is 318 g/mol. The van der Waals surface area contributed by atoms with E-state index in [9.17, 15) is 9.90 Å². The number of hydrogen-bond donors (Lipinski definition) is 2. The predicted octanol–water partition coefficient (Wildman–Crippen LogP) is 2.00. The summed E-state index contributed by atoms with van der Waals surface area (Å²) in [6, 6.07) is 5.73. The Kier molecular flexibility index (Phi) is 4.56. The van der Waals surface area contributed by atoms with E-state index < -0.39 is 5.60 Å². The van der Waals surface area contributed by atoms with Gasteiger partial charge in [0.2, 0.25) is 0 Å². The van der Waals surface area contributed by atoms with Crippen LogP contribution in [0.15, 0.2) is 18.2 Å². The van der Waals surface area contributed by atoms with Crippen molar-refractivity contribution in [1.82, 2.24) is 15.1 Å². The Morgan fingerprint density at radius 2 is 2.20 bits per heavy atom. The maximum atomic E-state index is 12.6. The van der Waals surface area contributed by atoms with E-state index in [2.05, 4.69) is 10.4 Å². The lowest BCUT2D eigenvalue weighted by molar-refractivity contribution is 0.0188. The number of nitrogens with zero attached hydrogens (tertiary/aromatic N) is 2. The minimum Gasteiger partial charge on any atom is -0.497 e. The number of carbonyl (C=O) groups excluding carboxylic acids is 1. The lowest BCUT2D eigenvalue weighted by Gasteiger charge is -2.35. The highest BCUT2D eigenvalue weighted by Crippen LogP contribution is 2.36. The number of aromatic nitrogens is 2. The van der Waals surface area contributed by atoms with E-state index in [-0.39, 0.29) is 12.5 Å². The van der Waals surface area contributed by atoms with Gasteiger partial charge in [-0.05, 0) is 56.4 Å². The number of aryl methyl sites for hydroxylation is 3. The smallest absolute Gasteiger partial charge is 0.255 e. The molecule has 0 unspecified atom stereocenters. The fourth-order valence-corrected chi connectivity index (χ4v) is 3.66. The number of benzene rings is 1. The minimum atomic E-state index is -1.06. The molecule has 0 saturated heterocycles. The third-order valence-electron chi connectivity index (χ3n) is 5.13. The maximum absolute atomic E-state index is 12.6. The number of fused-ring (bicyclic) bond motifs is 1. The molecule has 0 bridgehead atoms. The quantitative estimate of drug-likeness (QED) is 0.890. The van der Waals surface area contributed by atoms with Gasteiger partial charge in [0.25, 0.3) is 5.91 Å². The minimum absolute atomic E-state index is 0.180. The molecule has 1 aliphatic carbocycles. The molecule has 0 aliphatic heterocycles. The number of rotatable bonds is 4. The van der Waals surface area contributed by atoms with Crippen molar-refractivity contribution in [2.24, 2.45) is 7.05 Å². The van der Waals surface area contributed by atoms with Crippen LogP contribution in [-0.2, 0) is 19.1 Å². The number of ether oxygens (including phenoxy) is 1. The van der Waals surface area contributed by atoms with Gasteiger partial charge >= 0.3 is 0 Å². The van der Waals surface area contributed by atoms with Crippen molar-refractivity contribution in [3.8, 4) is 5.75 Å². The van der Waals surface area contributed by atoms with Gasteiger partial charge < -0.3 is 15.2 Å². The summed E-state index contributed by atoms with van der Waals surface area (Å²) in [5.74, 6) is 0.589. The van der Waals surface area contributed by atoms with E-state index in [0.717, 1.165) is 35.4 Å². The second kappa shape index (κ2) is 6.52. The fourth-order valence-electron chi connectivity index (χ4n) is 3.66. The lowest BCUT2D eigenvalue weighted by Crippen LogP contribution is -2.43. The Morgan fingerprint density at radius 1 is 1.44 bits per heavy atom. The number of methoxy groups -OCH3 is 1. The van der Waals surface area contributed by atoms with E-state index >= 15 is 0 Å². The first-order chi connectivity index (χ1) is 11.9. The third kappa shape index (κ3) is 3.14. The van der Waals surface area contributed by atoms with Gasteiger partial charge in [0.05, 0.1) is 24.9 Å². The Labute approximate surface area is 147 Å². The van der Waals surface area contributed by atoms with Gasteiger partial charge in [0.1, 0.15) is 11.4 Å². The van der Waals surface area contributed by atoms with Gasteiger partial charge in [0.15, 0.2) is 0 Å². The van der Waals surface area contributed by atoms with Crippen molar-refractivity contribution in [2.75, 3.05) is 13.7 Å². The van der Waals surface area contributed by atoms with E-state index in [0.29, 0.717) is 17.7 Å². The maximum Gasteiger partial charge on any atom is 0.255 e. The molecule has 0 saturated carbocycles. The summed E-state index contributed by atoms with van der Waals surface area (Å²) >= 11 is 0. The van der Waals surface area contributed by atoms with Crippen LogP contribution in [0.3, 0.4) is 0 Å². The van der Waals surface area contributed by atoms with Gasteiger partial charge in [0, 0.05) is 12.7 Å². The average Bonchev–Trinajstić information content (AvgIpc) is 2.85. The molecule has 1 atom stereocenters. The first-order valence-electron chi connectivity index (χ1n) is 8.54. The number of hydrogen-bond acceptors (Lipinski definition) is 4. The van der Waals surface area contributed by atoms with Crippen molar-refractivity contribution < 1.29 is 14.6 Å². The average molecular weight is 343 g/mol. The molecule has 1 amide bonds. The highest BCUT2D eigenvalue weighted by atomic mass is 16.5. The van der Waals surface area contributed by atoms with Crippen molar-refractivity contribution >= 4 is 5.91 Å². The van der Waals surface area contributed by atoms with Crippen molar-refractivity contribution in [1.29, 1.82) is 0 Å². The molecule has 2 aromatic rings. The summed E-state index contributed by atoms with van der Waals surface area (Å²) in [6.45, 7) is 3.86. The van der Waals surface area contributed by atoms with Gasteiger partial charge in [-0.15, -0.1) is 0 Å². The molecule has 1 aromatic carbocycles. The molecule has 0 fully saturated rings. The second-order valence-electron chi connectivity index (χ2n) is 6.76. The summed E-state index contributed by atoms with van der Waals surface area (Å²) in [7, 11) is 3.45. The number of amides is 1. The van der Waals surface area contributed by atoms with E-state index in [4.69, 9.17) is 4.74 Å². The molecule has 3 rings (SSSR count). The highest BCUT2D eigenvalue weighted by molar-refractivity contribution is 5.96. The second-order valence-corrected chi connectivity index (χ2v) is 6.76. The van der Waals surface area contributed by atoms with Crippen molar-refractivity contribution in [3.05, 3.63) is 46.3 Å². The Bertz CT molecular complexity index is 812. The molecule has 1 heterocycles. The van der Waals surface area contributed by atoms with Crippen LogP contribution < -0.4 is 10.1 Å². The molecular formula is C19H25N3O3. The van der Waals surface area contributed by atoms with Crippen LogP contribution >= 0.6 is 0 Å². The van der Waals surface area contributed by atoms with Crippen LogP contribution in [0.4, 0.5) is 0 Å². The molecule has 6 nitrogen and oxygen atoms in total.